The van der Waals surface area contributed by atoms with E-state index in [2.05, 4.69) is 22.8 Å². The molecule has 4 nitrogen and oxygen atoms in total. The first-order valence-electron chi connectivity index (χ1n) is 7.85. The van der Waals surface area contributed by atoms with Crippen molar-refractivity contribution in [2.24, 2.45) is 0 Å². The van der Waals surface area contributed by atoms with Gasteiger partial charge in [0.05, 0.1) is 19.8 Å². The zero-order valence-electron chi connectivity index (χ0n) is 14.1. The number of benzene rings is 1. The van der Waals surface area contributed by atoms with Crippen molar-refractivity contribution in [1.82, 2.24) is 5.32 Å². The van der Waals surface area contributed by atoms with Gasteiger partial charge in [-0.15, -0.1) is 11.3 Å². The van der Waals surface area contributed by atoms with Gasteiger partial charge in [0.2, 0.25) is 0 Å². The van der Waals surface area contributed by atoms with Crippen LogP contribution in [0.2, 0.25) is 0 Å². The lowest BCUT2D eigenvalue weighted by molar-refractivity contribution is 0.0962. The van der Waals surface area contributed by atoms with Crippen LogP contribution in [-0.2, 0) is 0 Å². The van der Waals surface area contributed by atoms with Crippen LogP contribution < -0.4 is 14.8 Å². The topological polar surface area (TPSA) is 47.6 Å². The number of carbonyl (C=O) groups is 1. The summed E-state index contributed by atoms with van der Waals surface area (Å²) in [4.78, 5) is 13.9. The molecule has 25 heavy (non-hydrogen) atoms. The van der Waals surface area contributed by atoms with E-state index in [0.717, 1.165) is 5.70 Å². The van der Waals surface area contributed by atoms with Gasteiger partial charge < -0.3 is 14.8 Å². The number of methoxy groups -OCH3 is 2. The molecule has 0 aliphatic heterocycles. The summed E-state index contributed by atoms with van der Waals surface area (Å²) in [6.45, 7) is 0. The molecule has 3 rings (SSSR count). The largest absolute Gasteiger partial charge is 0.497 e. The maximum absolute atomic E-state index is 12.7. The monoisotopic (exact) mass is 353 g/mol. The molecule has 0 radical (unpaired) electrons. The van der Waals surface area contributed by atoms with E-state index in [-0.39, 0.29) is 5.91 Å². The third-order valence-corrected chi connectivity index (χ3v) is 4.80. The van der Waals surface area contributed by atoms with Crippen LogP contribution in [-0.4, -0.2) is 20.1 Å². The summed E-state index contributed by atoms with van der Waals surface area (Å²) in [6.07, 6.45) is 8.59. The maximum Gasteiger partial charge on any atom is 0.259 e. The molecule has 128 valence electrons. The quantitative estimate of drug-likeness (QED) is 0.865. The predicted molar refractivity (Wildman–Crippen MR) is 101 cm³/mol. The minimum Gasteiger partial charge on any atom is -0.497 e. The highest BCUT2D eigenvalue weighted by atomic mass is 32.1. The van der Waals surface area contributed by atoms with Crippen LogP contribution in [0.3, 0.4) is 0 Å². The first-order chi connectivity index (χ1) is 12.2. The molecule has 0 atom stereocenters. The average molecular weight is 353 g/mol. The Morgan fingerprint density at radius 3 is 2.68 bits per heavy atom. The van der Waals surface area contributed by atoms with E-state index in [1.807, 2.05) is 24.3 Å². The van der Waals surface area contributed by atoms with E-state index in [0.29, 0.717) is 23.5 Å². The molecule has 1 heterocycles. The summed E-state index contributed by atoms with van der Waals surface area (Å²) < 4.78 is 10.5. The summed E-state index contributed by atoms with van der Waals surface area (Å²) in [7, 11) is 3.12. The summed E-state index contributed by atoms with van der Waals surface area (Å²) >= 11 is 1.69. The first-order valence-corrected chi connectivity index (χ1v) is 8.73. The zero-order chi connectivity index (χ0) is 17.6. The van der Waals surface area contributed by atoms with Crippen molar-refractivity contribution in [2.45, 2.75) is 6.42 Å². The van der Waals surface area contributed by atoms with Crippen LogP contribution >= 0.6 is 11.3 Å². The smallest absolute Gasteiger partial charge is 0.259 e. The Morgan fingerprint density at radius 1 is 1.12 bits per heavy atom. The molecule has 1 aliphatic carbocycles. The van der Waals surface area contributed by atoms with Crippen LogP contribution in [0, 0.1) is 0 Å². The van der Waals surface area contributed by atoms with Gasteiger partial charge in [-0.25, -0.2) is 0 Å². The fourth-order valence-electron chi connectivity index (χ4n) is 2.58. The number of nitrogens with one attached hydrogen (secondary N) is 1. The zero-order valence-corrected chi connectivity index (χ0v) is 14.9. The third-order valence-electron chi connectivity index (χ3n) is 3.85. The van der Waals surface area contributed by atoms with Gasteiger partial charge in [0.25, 0.3) is 5.91 Å². The summed E-state index contributed by atoms with van der Waals surface area (Å²) in [6, 6.07) is 9.26. The molecule has 0 bridgehead atoms. The third kappa shape index (κ3) is 4.00. The van der Waals surface area contributed by atoms with Gasteiger partial charge in [-0.3, -0.25) is 4.79 Å². The predicted octanol–water partition coefficient (Wildman–Crippen LogP) is 4.42. The van der Waals surface area contributed by atoms with Crippen molar-refractivity contribution in [1.29, 1.82) is 0 Å². The molecule has 5 heteroatoms. The molecule has 1 amide bonds. The number of carbonyl (C=O) groups excluding carboxylic acids is 1. The molecule has 1 aromatic heterocycles. The van der Waals surface area contributed by atoms with Gasteiger partial charge in [0, 0.05) is 23.1 Å². The van der Waals surface area contributed by atoms with Crippen LogP contribution in [0.15, 0.2) is 65.7 Å². The lowest BCUT2D eigenvalue weighted by Gasteiger charge is -2.13. The number of allylic oxidation sites excluding steroid dienone is 5. The molecular weight excluding hydrogens is 334 g/mol. The minimum atomic E-state index is -0.202. The number of hydrogen-bond donors (Lipinski definition) is 1. The molecular formula is C20H19NO3S. The van der Waals surface area contributed by atoms with Crippen molar-refractivity contribution in [2.75, 3.05) is 14.2 Å². The van der Waals surface area contributed by atoms with E-state index in [9.17, 15) is 4.79 Å². The average Bonchev–Trinajstić information content (AvgIpc) is 3.08. The number of amides is 1. The standard InChI is InChI=1S/C20H19NO3S/c1-23-16-9-10-17(18(13-16)24-2)20(22)21-15-7-4-3-6-14(12-15)19-8-5-11-25-19/h3-11,13H,12H2,1-2H3,(H,21,22). The van der Waals surface area contributed by atoms with Crippen LogP contribution in [0.4, 0.5) is 0 Å². The Balaban J connectivity index is 1.78. The van der Waals surface area contributed by atoms with Gasteiger partial charge in [0.15, 0.2) is 0 Å². The maximum atomic E-state index is 12.7. The minimum absolute atomic E-state index is 0.202. The van der Waals surface area contributed by atoms with Gasteiger partial charge in [-0.2, -0.15) is 0 Å². The highest BCUT2D eigenvalue weighted by Gasteiger charge is 2.16. The second-order valence-corrected chi connectivity index (χ2v) is 6.39. The number of hydrogen-bond acceptors (Lipinski definition) is 4. The molecule has 0 spiro atoms. The van der Waals surface area contributed by atoms with Crippen molar-refractivity contribution >= 4 is 22.8 Å². The Labute approximate surface area is 151 Å². The van der Waals surface area contributed by atoms with Crippen LogP contribution in [0.1, 0.15) is 21.7 Å². The van der Waals surface area contributed by atoms with Crippen molar-refractivity contribution in [3.05, 3.63) is 76.2 Å². The normalized spacial score (nSPS) is 13.5. The van der Waals surface area contributed by atoms with E-state index in [4.69, 9.17) is 9.47 Å². The lowest BCUT2D eigenvalue weighted by atomic mass is 10.1. The Bertz CT molecular complexity index is 848. The lowest BCUT2D eigenvalue weighted by Crippen LogP contribution is -2.23. The molecule has 0 saturated heterocycles. The Morgan fingerprint density at radius 2 is 1.96 bits per heavy atom. The Hall–Kier alpha value is -2.79. The van der Waals surface area contributed by atoms with Gasteiger partial charge in [-0.05, 0) is 35.2 Å². The van der Waals surface area contributed by atoms with Crippen molar-refractivity contribution in [3.8, 4) is 11.5 Å². The van der Waals surface area contributed by atoms with E-state index in [1.54, 1.807) is 36.6 Å². The van der Waals surface area contributed by atoms with Gasteiger partial charge >= 0.3 is 0 Å². The first kappa shape index (κ1) is 17.0. The number of thiophene rings is 1. The summed E-state index contributed by atoms with van der Waals surface area (Å²) in [5.74, 6) is 0.926. The van der Waals surface area contributed by atoms with Crippen LogP contribution in [0.5, 0.6) is 11.5 Å². The molecule has 1 aliphatic rings. The second kappa shape index (κ2) is 7.85. The molecule has 2 aromatic rings. The Kier molecular flexibility index (Phi) is 5.36. The fourth-order valence-corrected chi connectivity index (χ4v) is 3.33. The molecule has 1 N–H and O–H groups in total. The van der Waals surface area contributed by atoms with Crippen molar-refractivity contribution in [3.63, 3.8) is 0 Å². The summed E-state index contributed by atoms with van der Waals surface area (Å²) in [5.41, 5.74) is 2.49. The van der Waals surface area contributed by atoms with E-state index in [1.165, 1.54) is 17.6 Å². The van der Waals surface area contributed by atoms with Gasteiger partial charge in [-0.1, -0.05) is 24.3 Å². The SMILES string of the molecule is COc1ccc(C(=O)NC2=CC=CC=C(c3cccs3)C2)c(OC)c1. The van der Waals surface area contributed by atoms with E-state index >= 15 is 0 Å². The van der Waals surface area contributed by atoms with Crippen molar-refractivity contribution < 1.29 is 14.3 Å². The number of rotatable bonds is 5. The highest BCUT2D eigenvalue weighted by molar-refractivity contribution is 7.11. The number of ether oxygens (including phenoxy) is 2. The van der Waals surface area contributed by atoms with Crippen LogP contribution in [0.25, 0.3) is 5.57 Å². The van der Waals surface area contributed by atoms with Gasteiger partial charge in [0.1, 0.15) is 11.5 Å². The highest BCUT2D eigenvalue weighted by Crippen LogP contribution is 2.28. The molecule has 0 saturated carbocycles. The van der Waals surface area contributed by atoms with E-state index < -0.39 is 0 Å². The summed E-state index contributed by atoms with van der Waals surface area (Å²) in [5, 5.41) is 5.04. The second-order valence-electron chi connectivity index (χ2n) is 5.44. The molecule has 0 fully saturated rings. The molecule has 0 unspecified atom stereocenters. The molecule has 1 aromatic carbocycles. The fraction of sp³-hybridized carbons (Fsp3) is 0.150.